The molecular formula is C17H28N4O. The van der Waals surface area contributed by atoms with Crippen LogP contribution in [0, 0.1) is 0 Å². The molecule has 5 heteroatoms. The van der Waals surface area contributed by atoms with Gasteiger partial charge in [0.25, 0.3) is 5.91 Å². The van der Waals surface area contributed by atoms with Crippen LogP contribution >= 0.6 is 0 Å². The van der Waals surface area contributed by atoms with Gasteiger partial charge in [0.2, 0.25) is 0 Å². The van der Waals surface area contributed by atoms with Gasteiger partial charge in [-0.2, -0.15) is 5.10 Å². The molecule has 0 radical (unpaired) electrons. The lowest BCUT2D eigenvalue weighted by Gasteiger charge is -2.41. The van der Waals surface area contributed by atoms with Gasteiger partial charge in [-0.05, 0) is 38.9 Å². The molecule has 3 rings (SSSR count). The fourth-order valence-corrected chi connectivity index (χ4v) is 4.28. The normalized spacial score (nSPS) is 24.4. The maximum Gasteiger partial charge on any atom is 0.272 e. The maximum absolute atomic E-state index is 13.1. The first-order valence-corrected chi connectivity index (χ1v) is 8.57. The van der Waals surface area contributed by atoms with Crippen LogP contribution in [0.25, 0.3) is 0 Å². The largest absolute Gasteiger partial charge is 0.330 e. The molecular weight excluding hydrogens is 276 g/mol. The number of aryl methyl sites for hydroxylation is 1. The highest BCUT2D eigenvalue weighted by atomic mass is 16.2. The molecule has 0 N–H and O–H groups in total. The molecule has 2 heterocycles. The molecule has 22 heavy (non-hydrogen) atoms. The van der Waals surface area contributed by atoms with Crippen LogP contribution in [-0.4, -0.2) is 57.2 Å². The number of likely N-dealkylation sites (N-methyl/N-ethyl adjacent to an activating group) is 1. The Bertz CT molecular complexity index is 533. The number of aromatic nitrogens is 2. The topological polar surface area (TPSA) is 41.4 Å². The Balaban J connectivity index is 1.89. The Morgan fingerprint density at radius 2 is 2.14 bits per heavy atom. The van der Waals surface area contributed by atoms with Gasteiger partial charge in [0.05, 0.1) is 0 Å². The molecule has 2 aliphatic rings. The van der Waals surface area contributed by atoms with E-state index in [2.05, 4.69) is 28.9 Å². The van der Waals surface area contributed by atoms with E-state index in [0.29, 0.717) is 11.7 Å². The van der Waals surface area contributed by atoms with Crippen molar-refractivity contribution in [1.82, 2.24) is 19.6 Å². The highest BCUT2D eigenvalue weighted by Gasteiger charge is 2.49. The maximum atomic E-state index is 13.1. The Hall–Kier alpha value is -1.36. The van der Waals surface area contributed by atoms with E-state index in [1.165, 1.54) is 19.3 Å². The van der Waals surface area contributed by atoms with Gasteiger partial charge in [0, 0.05) is 31.4 Å². The number of amides is 1. The number of nitrogens with zero attached hydrogens (tertiary/aromatic N) is 4. The molecule has 1 aliphatic carbocycles. The predicted octanol–water partition coefficient (Wildman–Crippen LogP) is 2.29. The predicted molar refractivity (Wildman–Crippen MR) is 86.8 cm³/mol. The summed E-state index contributed by atoms with van der Waals surface area (Å²) in [6.45, 7) is 4.09. The van der Waals surface area contributed by atoms with E-state index in [0.717, 1.165) is 32.4 Å². The monoisotopic (exact) mass is 304 g/mol. The van der Waals surface area contributed by atoms with Crippen LogP contribution < -0.4 is 0 Å². The molecule has 2 fully saturated rings. The number of carbonyl (C=O) groups is 1. The first-order valence-electron chi connectivity index (χ1n) is 8.57. The van der Waals surface area contributed by atoms with E-state index < -0.39 is 0 Å². The molecule has 1 aliphatic heterocycles. The first kappa shape index (κ1) is 15.5. The van der Waals surface area contributed by atoms with Crippen LogP contribution in [0.3, 0.4) is 0 Å². The highest BCUT2D eigenvalue weighted by molar-refractivity contribution is 5.93. The van der Waals surface area contributed by atoms with Gasteiger partial charge in [0.15, 0.2) is 0 Å². The van der Waals surface area contributed by atoms with E-state index in [1.54, 1.807) is 10.9 Å². The van der Waals surface area contributed by atoms with Crippen molar-refractivity contribution in [1.29, 1.82) is 0 Å². The SMILES string of the molecule is CCN(C)C1CN(C(=O)c2ccnn2C)C2(CCCCC2)C1. The smallest absolute Gasteiger partial charge is 0.272 e. The molecule has 122 valence electrons. The summed E-state index contributed by atoms with van der Waals surface area (Å²) in [5.41, 5.74) is 0.790. The summed E-state index contributed by atoms with van der Waals surface area (Å²) in [7, 11) is 4.03. The molecule has 0 aromatic carbocycles. The van der Waals surface area contributed by atoms with Gasteiger partial charge in [0.1, 0.15) is 5.69 Å². The zero-order valence-electron chi connectivity index (χ0n) is 14.1. The van der Waals surface area contributed by atoms with Crippen LogP contribution in [0.4, 0.5) is 0 Å². The highest BCUT2D eigenvalue weighted by Crippen LogP contribution is 2.43. The van der Waals surface area contributed by atoms with Crippen LogP contribution in [-0.2, 0) is 7.05 Å². The summed E-state index contributed by atoms with van der Waals surface area (Å²) < 4.78 is 1.70. The lowest BCUT2D eigenvalue weighted by molar-refractivity contribution is 0.0488. The lowest BCUT2D eigenvalue weighted by Crippen LogP contribution is -2.49. The average Bonchev–Trinajstić information content (AvgIpc) is 3.11. The third-order valence-corrected chi connectivity index (χ3v) is 5.77. The summed E-state index contributed by atoms with van der Waals surface area (Å²) in [6, 6.07) is 2.33. The molecule has 1 aromatic rings. The van der Waals surface area contributed by atoms with E-state index in [4.69, 9.17) is 0 Å². The number of rotatable bonds is 3. The molecule has 1 amide bonds. The Morgan fingerprint density at radius 3 is 2.73 bits per heavy atom. The summed E-state index contributed by atoms with van der Waals surface area (Å²) >= 11 is 0. The van der Waals surface area contributed by atoms with Crippen molar-refractivity contribution in [3.05, 3.63) is 18.0 Å². The second-order valence-corrected chi connectivity index (χ2v) is 6.97. The third kappa shape index (κ3) is 2.56. The number of likely N-dealkylation sites (tertiary alicyclic amines) is 1. The molecule has 5 nitrogen and oxygen atoms in total. The van der Waals surface area contributed by atoms with E-state index in [9.17, 15) is 4.79 Å². The lowest BCUT2D eigenvalue weighted by atomic mass is 9.79. The van der Waals surface area contributed by atoms with Crippen LogP contribution in [0.2, 0.25) is 0 Å². The van der Waals surface area contributed by atoms with Crippen molar-refractivity contribution in [3.63, 3.8) is 0 Å². The molecule has 1 atom stereocenters. The van der Waals surface area contributed by atoms with Crippen molar-refractivity contribution in [2.24, 2.45) is 7.05 Å². The quantitative estimate of drug-likeness (QED) is 0.860. The van der Waals surface area contributed by atoms with E-state index in [-0.39, 0.29) is 11.4 Å². The van der Waals surface area contributed by atoms with Crippen molar-refractivity contribution in [2.75, 3.05) is 20.1 Å². The molecule has 1 saturated heterocycles. The fraction of sp³-hybridized carbons (Fsp3) is 0.765. The fourth-order valence-electron chi connectivity index (χ4n) is 4.28. The molecule has 1 aromatic heterocycles. The zero-order valence-corrected chi connectivity index (χ0v) is 14.1. The van der Waals surface area contributed by atoms with Crippen LogP contribution in [0.1, 0.15) is 55.9 Å². The number of hydrogen-bond donors (Lipinski definition) is 0. The Labute approximate surface area is 133 Å². The van der Waals surface area contributed by atoms with Gasteiger partial charge in [-0.15, -0.1) is 0 Å². The first-order chi connectivity index (χ1) is 10.6. The minimum atomic E-state index is 0.0771. The number of carbonyl (C=O) groups excluding carboxylic acids is 1. The Kier molecular flexibility index (Phi) is 4.26. The number of hydrogen-bond acceptors (Lipinski definition) is 3. The van der Waals surface area contributed by atoms with Crippen molar-refractivity contribution in [3.8, 4) is 0 Å². The minimum Gasteiger partial charge on any atom is -0.330 e. The average molecular weight is 304 g/mol. The van der Waals surface area contributed by atoms with Crippen molar-refractivity contribution >= 4 is 5.91 Å². The Morgan fingerprint density at radius 1 is 1.41 bits per heavy atom. The molecule has 1 spiro atoms. The summed E-state index contributed by atoms with van der Waals surface area (Å²) in [5.74, 6) is 0.161. The van der Waals surface area contributed by atoms with Crippen LogP contribution in [0.15, 0.2) is 12.3 Å². The minimum absolute atomic E-state index is 0.0771. The molecule has 1 saturated carbocycles. The summed E-state index contributed by atoms with van der Waals surface area (Å²) in [5, 5.41) is 4.17. The second-order valence-electron chi connectivity index (χ2n) is 6.97. The van der Waals surface area contributed by atoms with E-state index >= 15 is 0 Å². The molecule has 1 unspecified atom stereocenters. The zero-order chi connectivity index (χ0) is 15.7. The third-order valence-electron chi connectivity index (χ3n) is 5.77. The van der Waals surface area contributed by atoms with E-state index in [1.807, 2.05) is 13.1 Å². The van der Waals surface area contributed by atoms with Crippen molar-refractivity contribution in [2.45, 2.75) is 57.0 Å². The van der Waals surface area contributed by atoms with Crippen molar-refractivity contribution < 1.29 is 4.79 Å². The van der Waals surface area contributed by atoms with Gasteiger partial charge < -0.3 is 9.80 Å². The standard InChI is InChI=1S/C17H28N4O/c1-4-19(2)14-12-17(9-6-5-7-10-17)21(13-14)16(22)15-8-11-18-20(15)3/h8,11,14H,4-7,9-10,12-13H2,1-3H3. The summed E-state index contributed by atoms with van der Waals surface area (Å²) in [4.78, 5) is 17.7. The van der Waals surface area contributed by atoms with Gasteiger partial charge >= 0.3 is 0 Å². The van der Waals surface area contributed by atoms with Crippen LogP contribution in [0.5, 0.6) is 0 Å². The summed E-state index contributed by atoms with van der Waals surface area (Å²) in [6.07, 6.45) is 8.96. The second kappa shape index (κ2) is 6.03. The molecule has 0 bridgehead atoms. The van der Waals surface area contributed by atoms with Gasteiger partial charge in [-0.1, -0.05) is 26.2 Å². The van der Waals surface area contributed by atoms with Gasteiger partial charge in [-0.3, -0.25) is 9.48 Å². The van der Waals surface area contributed by atoms with Gasteiger partial charge in [-0.25, -0.2) is 0 Å².